The molecule has 0 saturated heterocycles. The average molecular weight is 256 g/mol. The van der Waals surface area contributed by atoms with Crippen molar-refractivity contribution >= 4 is 11.6 Å². The molecule has 94 valence electrons. The first-order valence-electron chi connectivity index (χ1n) is 6.25. The van der Waals surface area contributed by atoms with Gasteiger partial charge in [-0.15, -0.1) is 0 Å². The van der Waals surface area contributed by atoms with Crippen LogP contribution >= 0.6 is 11.6 Å². The van der Waals surface area contributed by atoms with Gasteiger partial charge in [0.15, 0.2) is 0 Å². The fourth-order valence-electron chi connectivity index (χ4n) is 2.73. The predicted molar refractivity (Wildman–Crippen MR) is 69.6 cm³/mol. The highest BCUT2D eigenvalue weighted by molar-refractivity contribution is 6.30. The van der Waals surface area contributed by atoms with Crippen molar-refractivity contribution in [2.75, 3.05) is 0 Å². The van der Waals surface area contributed by atoms with Crippen molar-refractivity contribution in [3.63, 3.8) is 0 Å². The lowest BCUT2D eigenvalue weighted by Crippen LogP contribution is -2.36. The maximum absolute atomic E-state index is 13.3. The van der Waals surface area contributed by atoms with E-state index in [0.717, 1.165) is 30.7 Å². The van der Waals surface area contributed by atoms with E-state index in [4.69, 9.17) is 17.3 Å². The zero-order chi connectivity index (χ0) is 12.4. The van der Waals surface area contributed by atoms with Gasteiger partial charge < -0.3 is 5.73 Å². The van der Waals surface area contributed by atoms with Gasteiger partial charge in [-0.3, -0.25) is 0 Å². The van der Waals surface area contributed by atoms with Crippen LogP contribution in [0.5, 0.6) is 0 Å². The summed E-state index contributed by atoms with van der Waals surface area (Å²) in [4.78, 5) is 0. The Balaban J connectivity index is 2.06. The van der Waals surface area contributed by atoms with E-state index in [2.05, 4.69) is 6.92 Å². The summed E-state index contributed by atoms with van der Waals surface area (Å²) in [7, 11) is 0. The summed E-state index contributed by atoms with van der Waals surface area (Å²) in [5, 5.41) is 0.190. The zero-order valence-electron chi connectivity index (χ0n) is 10.1. The maximum Gasteiger partial charge on any atom is 0.142 e. The van der Waals surface area contributed by atoms with E-state index in [9.17, 15) is 4.39 Å². The standard InChI is InChI=1S/C14H19ClFN/c1-9-2-5-14(17)11(6-9)7-10-3-4-12(15)13(16)8-10/h3-4,8-9,11,14H,2,5-7,17H2,1H3. The lowest BCUT2D eigenvalue weighted by atomic mass is 9.76. The van der Waals surface area contributed by atoms with Crippen molar-refractivity contribution in [3.8, 4) is 0 Å². The molecule has 0 aromatic heterocycles. The van der Waals surface area contributed by atoms with E-state index in [1.165, 1.54) is 12.5 Å². The third-order valence-electron chi connectivity index (χ3n) is 3.79. The third kappa shape index (κ3) is 3.20. The van der Waals surface area contributed by atoms with Crippen molar-refractivity contribution < 1.29 is 4.39 Å². The Kier molecular flexibility index (Phi) is 4.05. The second-order valence-electron chi connectivity index (χ2n) is 5.29. The predicted octanol–water partition coefficient (Wildman–Crippen LogP) is 3.79. The highest BCUT2D eigenvalue weighted by atomic mass is 35.5. The molecular weight excluding hydrogens is 237 g/mol. The maximum atomic E-state index is 13.3. The molecule has 1 saturated carbocycles. The summed E-state index contributed by atoms with van der Waals surface area (Å²) >= 11 is 5.68. The molecule has 1 aliphatic carbocycles. The monoisotopic (exact) mass is 255 g/mol. The molecule has 1 aromatic carbocycles. The molecular formula is C14H19ClFN. The van der Waals surface area contributed by atoms with Crippen LogP contribution in [0.2, 0.25) is 5.02 Å². The molecule has 1 aliphatic rings. The molecule has 0 aliphatic heterocycles. The highest BCUT2D eigenvalue weighted by Crippen LogP contribution is 2.30. The number of nitrogens with two attached hydrogens (primary N) is 1. The Morgan fingerprint density at radius 3 is 2.88 bits per heavy atom. The second-order valence-corrected chi connectivity index (χ2v) is 5.70. The fraction of sp³-hybridized carbons (Fsp3) is 0.571. The van der Waals surface area contributed by atoms with E-state index in [1.807, 2.05) is 6.07 Å². The van der Waals surface area contributed by atoms with Gasteiger partial charge in [-0.1, -0.05) is 24.6 Å². The van der Waals surface area contributed by atoms with Gasteiger partial charge in [0, 0.05) is 6.04 Å². The van der Waals surface area contributed by atoms with Crippen LogP contribution in [0.25, 0.3) is 0 Å². The summed E-state index contributed by atoms with van der Waals surface area (Å²) < 4.78 is 13.3. The number of halogens is 2. The minimum atomic E-state index is -0.332. The Bertz CT molecular complexity index is 394. The molecule has 1 fully saturated rings. The Labute approximate surface area is 107 Å². The average Bonchev–Trinajstić information content (AvgIpc) is 2.29. The van der Waals surface area contributed by atoms with Crippen molar-refractivity contribution in [2.45, 2.75) is 38.6 Å². The first kappa shape index (κ1) is 12.8. The summed E-state index contributed by atoms with van der Waals surface area (Å²) in [6.07, 6.45) is 4.31. The normalized spacial score (nSPS) is 29.3. The van der Waals surface area contributed by atoms with Gasteiger partial charge in [0.05, 0.1) is 5.02 Å². The van der Waals surface area contributed by atoms with E-state index in [0.29, 0.717) is 5.92 Å². The fourth-order valence-corrected chi connectivity index (χ4v) is 2.84. The van der Waals surface area contributed by atoms with E-state index in [-0.39, 0.29) is 16.9 Å². The molecule has 3 atom stereocenters. The number of rotatable bonds is 2. The van der Waals surface area contributed by atoms with Gasteiger partial charge in [-0.25, -0.2) is 4.39 Å². The quantitative estimate of drug-likeness (QED) is 0.855. The third-order valence-corrected chi connectivity index (χ3v) is 4.09. The molecule has 3 heteroatoms. The Morgan fingerprint density at radius 2 is 2.18 bits per heavy atom. The van der Waals surface area contributed by atoms with Crippen LogP contribution in [0.15, 0.2) is 18.2 Å². The molecule has 2 rings (SSSR count). The van der Waals surface area contributed by atoms with Gasteiger partial charge in [0.2, 0.25) is 0 Å². The second kappa shape index (κ2) is 5.36. The van der Waals surface area contributed by atoms with Gasteiger partial charge in [-0.2, -0.15) is 0 Å². The van der Waals surface area contributed by atoms with Gasteiger partial charge in [-0.05, 0) is 55.2 Å². The van der Waals surface area contributed by atoms with Crippen LogP contribution in [0, 0.1) is 17.7 Å². The topological polar surface area (TPSA) is 26.0 Å². The van der Waals surface area contributed by atoms with Crippen LogP contribution in [-0.4, -0.2) is 6.04 Å². The lowest BCUT2D eigenvalue weighted by molar-refractivity contribution is 0.244. The first-order chi connectivity index (χ1) is 8.06. The molecule has 2 N–H and O–H groups in total. The SMILES string of the molecule is CC1CCC(N)C(Cc2ccc(Cl)c(F)c2)C1. The summed E-state index contributed by atoms with van der Waals surface area (Å²) in [6, 6.07) is 5.32. The molecule has 17 heavy (non-hydrogen) atoms. The highest BCUT2D eigenvalue weighted by Gasteiger charge is 2.26. The van der Waals surface area contributed by atoms with Crippen LogP contribution in [-0.2, 0) is 6.42 Å². The van der Waals surface area contributed by atoms with E-state index in [1.54, 1.807) is 6.07 Å². The number of hydrogen-bond acceptors (Lipinski definition) is 1. The molecule has 0 spiro atoms. The van der Waals surface area contributed by atoms with Crippen LogP contribution < -0.4 is 5.73 Å². The van der Waals surface area contributed by atoms with Gasteiger partial charge >= 0.3 is 0 Å². The molecule has 3 unspecified atom stereocenters. The van der Waals surface area contributed by atoms with E-state index < -0.39 is 0 Å². The lowest BCUT2D eigenvalue weighted by Gasteiger charge is -2.32. The number of hydrogen-bond donors (Lipinski definition) is 1. The van der Waals surface area contributed by atoms with E-state index >= 15 is 0 Å². The Hall–Kier alpha value is -0.600. The van der Waals surface area contributed by atoms with Crippen molar-refractivity contribution in [3.05, 3.63) is 34.6 Å². The number of benzene rings is 1. The summed E-state index contributed by atoms with van der Waals surface area (Å²) in [5.74, 6) is 0.873. The molecule has 0 radical (unpaired) electrons. The molecule has 0 amide bonds. The molecule has 0 heterocycles. The Morgan fingerprint density at radius 1 is 1.41 bits per heavy atom. The van der Waals surface area contributed by atoms with Gasteiger partial charge in [0.1, 0.15) is 5.82 Å². The molecule has 1 nitrogen and oxygen atoms in total. The summed E-state index contributed by atoms with van der Waals surface area (Å²) in [5.41, 5.74) is 7.14. The van der Waals surface area contributed by atoms with Crippen LogP contribution in [0.4, 0.5) is 4.39 Å². The molecule has 0 bridgehead atoms. The summed E-state index contributed by atoms with van der Waals surface area (Å²) in [6.45, 7) is 2.27. The van der Waals surface area contributed by atoms with Crippen LogP contribution in [0.1, 0.15) is 31.7 Å². The smallest absolute Gasteiger partial charge is 0.142 e. The van der Waals surface area contributed by atoms with Crippen molar-refractivity contribution in [1.29, 1.82) is 0 Å². The minimum absolute atomic E-state index is 0.190. The zero-order valence-corrected chi connectivity index (χ0v) is 10.9. The minimum Gasteiger partial charge on any atom is -0.327 e. The van der Waals surface area contributed by atoms with Gasteiger partial charge in [0.25, 0.3) is 0 Å². The largest absolute Gasteiger partial charge is 0.327 e. The van der Waals surface area contributed by atoms with Crippen LogP contribution in [0.3, 0.4) is 0 Å². The van der Waals surface area contributed by atoms with Crippen molar-refractivity contribution in [2.24, 2.45) is 17.6 Å². The first-order valence-corrected chi connectivity index (χ1v) is 6.63. The van der Waals surface area contributed by atoms with Crippen molar-refractivity contribution in [1.82, 2.24) is 0 Å². The molecule has 1 aromatic rings.